The summed E-state index contributed by atoms with van der Waals surface area (Å²) in [4.78, 5) is 36.7. The maximum absolute atomic E-state index is 14.1. The van der Waals surface area contributed by atoms with Gasteiger partial charge in [0.15, 0.2) is 11.6 Å². The molecule has 0 aliphatic rings. The first-order valence-corrected chi connectivity index (χ1v) is 9.24. The molecule has 0 aromatic heterocycles. The van der Waals surface area contributed by atoms with Gasteiger partial charge in [-0.05, 0) is 62.4 Å². The van der Waals surface area contributed by atoms with E-state index in [0.29, 0.717) is 0 Å². The second kappa shape index (κ2) is 9.80. The van der Waals surface area contributed by atoms with Crippen LogP contribution in [0.4, 0.5) is 13.6 Å². The van der Waals surface area contributed by atoms with Gasteiger partial charge in [-0.3, -0.25) is 10.2 Å². The van der Waals surface area contributed by atoms with E-state index in [-0.39, 0.29) is 10.2 Å². The van der Waals surface area contributed by atoms with Crippen molar-refractivity contribution < 1.29 is 32.6 Å². The molecule has 28 heavy (non-hydrogen) atoms. The van der Waals surface area contributed by atoms with E-state index in [1.165, 1.54) is 14.0 Å². The summed E-state index contributed by atoms with van der Waals surface area (Å²) in [5.41, 5.74) is 0.388. The fraction of sp³-hybridized carbons (Fsp3) is 0.389. The van der Waals surface area contributed by atoms with Crippen LogP contribution in [0.15, 0.2) is 23.9 Å². The SMILES string of the molecule is CCOC(=O)/C(=C\NN(C)C(=O)OC(C)(C)C)C(=O)c1cc(I)cc(F)c1F. The molecule has 0 aliphatic heterocycles. The van der Waals surface area contributed by atoms with Gasteiger partial charge in [0.2, 0.25) is 5.78 Å². The Morgan fingerprint density at radius 3 is 2.39 bits per heavy atom. The van der Waals surface area contributed by atoms with Crippen LogP contribution < -0.4 is 5.43 Å². The third-order valence-corrected chi connectivity index (χ3v) is 3.67. The maximum atomic E-state index is 14.1. The Morgan fingerprint density at radius 1 is 1.25 bits per heavy atom. The fourth-order valence-corrected chi connectivity index (χ4v) is 2.42. The number of benzene rings is 1. The molecule has 0 fully saturated rings. The van der Waals surface area contributed by atoms with Crippen LogP contribution in [0.3, 0.4) is 0 Å². The van der Waals surface area contributed by atoms with Crippen LogP contribution in [-0.4, -0.2) is 42.1 Å². The Labute approximate surface area is 175 Å². The van der Waals surface area contributed by atoms with Crippen LogP contribution in [0.1, 0.15) is 38.1 Å². The number of hydrazine groups is 1. The maximum Gasteiger partial charge on any atom is 0.428 e. The third-order valence-electron chi connectivity index (χ3n) is 3.05. The normalized spacial score (nSPS) is 11.6. The molecule has 0 radical (unpaired) electrons. The number of nitrogens with zero attached hydrogens (tertiary/aromatic N) is 1. The smallest absolute Gasteiger partial charge is 0.428 e. The van der Waals surface area contributed by atoms with Gasteiger partial charge in [-0.25, -0.2) is 23.4 Å². The highest BCUT2D eigenvalue weighted by molar-refractivity contribution is 14.1. The number of carbonyl (C=O) groups excluding carboxylic acids is 3. The lowest BCUT2D eigenvalue weighted by molar-refractivity contribution is -0.138. The van der Waals surface area contributed by atoms with Gasteiger partial charge < -0.3 is 9.47 Å². The quantitative estimate of drug-likeness (QED) is 0.0921. The van der Waals surface area contributed by atoms with E-state index >= 15 is 0 Å². The predicted octanol–water partition coefficient (Wildman–Crippen LogP) is 3.57. The van der Waals surface area contributed by atoms with Crippen molar-refractivity contribution in [3.63, 3.8) is 0 Å². The lowest BCUT2D eigenvalue weighted by Gasteiger charge is -2.24. The number of amides is 1. The second-order valence-electron chi connectivity index (χ2n) is 6.53. The summed E-state index contributed by atoms with van der Waals surface area (Å²) in [6.45, 7) is 6.46. The van der Waals surface area contributed by atoms with E-state index in [1.807, 2.05) is 0 Å². The van der Waals surface area contributed by atoms with Crippen molar-refractivity contribution in [2.24, 2.45) is 0 Å². The number of ether oxygens (including phenoxy) is 2. The molecule has 154 valence electrons. The van der Waals surface area contributed by atoms with E-state index in [4.69, 9.17) is 9.47 Å². The topological polar surface area (TPSA) is 84.9 Å². The van der Waals surface area contributed by atoms with E-state index < -0.39 is 46.2 Å². The van der Waals surface area contributed by atoms with E-state index in [2.05, 4.69) is 5.43 Å². The van der Waals surface area contributed by atoms with Crippen molar-refractivity contribution in [3.05, 3.63) is 44.7 Å². The molecule has 0 bridgehead atoms. The zero-order valence-corrected chi connectivity index (χ0v) is 18.2. The molecule has 1 aromatic rings. The van der Waals surface area contributed by atoms with Crippen LogP contribution in [0, 0.1) is 15.2 Å². The first-order valence-electron chi connectivity index (χ1n) is 8.16. The molecule has 0 unspecified atom stereocenters. The highest BCUT2D eigenvalue weighted by Gasteiger charge is 2.27. The fourth-order valence-electron chi connectivity index (χ4n) is 1.84. The largest absolute Gasteiger partial charge is 0.462 e. The molecule has 1 amide bonds. The minimum atomic E-state index is -1.39. The van der Waals surface area contributed by atoms with Crippen molar-refractivity contribution >= 4 is 40.4 Å². The molecule has 1 N–H and O–H groups in total. The lowest BCUT2D eigenvalue weighted by Crippen LogP contribution is -2.41. The van der Waals surface area contributed by atoms with Crippen LogP contribution in [0.5, 0.6) is 0 Å². The summed E-state index contributed by atoms with van der Waals surface area (Å²) < 4.78 is 37.9. The number of ketones is 1. The Morgan fingerprint density at radius 2 is 1.86 bits per heavy atom. The highest BCUT2D eigenvalue weighted by atomic mass is 127. The van der Waals surface area contributed by atoms with Crippen LogP contribution in [-0.2, 0) is 14.3 Å². The van der Waals surface area contributed by atoms with Gasteiger partial charge in [-0.1, -0.05) is 0 Å². The number of hydrogen-bond acceptors (Lipinski definition) is 6. The van der Waals surface area contributed by atoms with Crippen molar-refractivity contribution in [1.82, 2.24) is 10.4 Å². The molecule has 7 nitrogen and oxygen atoms in total. The minimum Gasteiger partial charge on any atom is -0.462 e. The van der Waals surface area contributed by atoms with Crippen LogP contribution in [0.2, 0.25) is 0 Å². The summed E-state index contributed by atoms with van der Waals surface area (Å²) in [5, 5.41) is 0.878. The Hall–Kier alpha value is -2.24. The van der Waals surface area contributed by atoms with Crippen molar-refractivity contribution in [1.29, 1.82) is 0 Å². The Bertz CT molecular complexity index is 806. The number of carbonyl (C=O) groups is 3. The van der Waals surface area contributed by atoms with Crippen molar-refractivity contribution in [2.75, 3.05) is 13.7 Å². The summed E-state index contributed by atoms with van der Waals surface area (Å²) in [7, 11) is 1.30. The molecule has 1 rings (SSSR count). The van der Waals surface area contributed by atoms with Gasteiger partial charge in [0.1, 0.15) is 11.2 Å². The first-order chi connectivity index (χ1) is 12.9. The summed E-state index contributed by atoms with van der Waals surface area (Å²) in [6, 6.07) is 2.01. The number of esters is 1. The Kier molecular flexibility index (Phi) is 8.33. The molecule has 1 aromatic carbocycles. The van der Waals surface area contributed by atoms with Crippen molar-refractivity contribution in [3.8, 4) is 0 Å². The van der Waals surface area contributed by atoms with Gasteiger partial charge in [0.05, 0.1) is 12.2 Å². The van der Waals surface area contributed by atoms with Gasteiger partial charge in [-0.15, -0.1) is 0 Å². The molecule has 10 heteroatoms. The van der Waals surface area contributed by atoms with Gasteiger partial charge in [0.25, 0.3) is 0 Å². The zero-order chi connectivity index (χ0) is 21.6. The lowest BCUT2D eigenvalue weighted by atomic mass is 10.0. The number of nitrogens with one attached hydrogen (secondary N) is 1. The van der Waals surface area contributed by atoms with Crippen LogP contribution >= 0.6 is 22.6 Å². The average molecular weight is 510 g/mol. The van der Waals surface area contributed by atoms with Gasteiger partial charge >= 0.3 is 12.1 Å². The third kappa shape index (κ3) is 6.73. The number of rotatable bonds is 6. The molecule has 0 spiro atoms. The molecule has 0 heterocycles. The summed E-state index contributed by atoms with van der Waals surface area (Å²) >= 11 is 1.71. The number of hydrogen-bond donors (Lipinski definition) is 1. The zero-order valence-electron chi connectivity index (χ0n) is 16.1. The average Bonchev–Trinajstić information content (AvgIpc) is 2.56. The highest BCUT2D eigenvalue weighted by Crippen LogP contribution is 2.20. The summed E-state index contributed by atoms with van der Waals surface area (Å²) in [6.07, 6.45) is 0.0902. The first kappa shape index (κ1) is 23.8. The summed E-state index contributed by atoms with van der Waals surface area (Å²) in [5.74, 6) is -4.77. The van der Waals surface area contributed by atoms with E-state index in [1.54, 1.807) is 43.4 Å². The monoisotopic (exact) mass is 510 g/mol. The predicted molar refractivity (Wildman–Crippen MR) is 105 cm³/mol. The number of halogens is 3. The van der Waals surface area contributed by atoms with Crippen molar-refractivity contribution in [2.45, 2.75) is 33.3 Å². The van der Waals surface area contributed by atoms with Gasteiger partial charge in [-0.2, -0.15) is 0 Å². The molecular formula is C18H21F2IN2O5. The molecule has 0 saturated heterocycles. The van der Waals surface area contributed by atoms with Gasteiger partial charge in [0, 0.05) is 16.8 Å². The number of Topliss-reactive ketones (excluding diaryl/α,β-unsaturated/α-hetero) is 1. The molecule has 0 saturated carbocycles. The molecule has 0 atom stereocenters. The van der Waals surface area contributed by atoms with E-state index in [0.717, 1.165) is 23.3 Å². The molecular weight excluding hydrogens is 489 g/mol. The van der Waals surface area contributed by atoms with E-state index in [9.17, 15) is 23.2 Å². The van der Waals surface area contributed by atoms with Crippen LogP contribution in [0.25, 0.3) is 0 Å². The standard InChI is InChI=1S/C18H21F2IN2O5/c1-6-27-16(25)12(9-22-23(5)17(26)28-18(2,3)4)15(24)11-7-10(21)8-13(19)14(11)20/h7-9,22H,6H2,1-5H3/b12-9-. The molecule has 0 aliphatic carbocycles. The second-order valence-corrected chi connectivity index (χ2v) is 7.77. The Balaban J connectivity index is 3.20. The minimum absolute atomic E-state index is 0.0471.